The number of azide groups is 1. The topological polar surface area (TPSA) is 104 Å². The number of carbonyl (C=O) groups is 1. The Morgan fingerprint density at radius 2 is 2.05 bits per heavy atom. The number of amides is 1. The Morgan fingerprint density at radius 1 is 1.42 bits per heavy atom. The molecule has 3 N–H and O–H groups in total. The number of halogens is 2. The van der Waals surface area contributed by atoms with Gasteiger partial charge in [0.05, 0.1) is 0 Å². The number of benzene rings is 1. The first-order valence-corrected chi connectivity index (χ1v) is 6.29. The zero-order valence-corrected chi connectivity index (χ0v) is 11.5. The molecule has 1 unspecified atom stereocenters. The van der Waals surface area contributed by atoms with Gasteiger partial charge in [-0.15, -0.1) is 0 Å². The molecule has 0 aliphatic carbocycles. The van der Waals surface area contributed by atoms with Crippen LogP contribution in [0.1, 0.15) is 18.0 Å². The highest BCUT2D eigenvalue weighted by molar-refractivity contribution is 6.34. The van der Waals surface area contributed by atoms with Crippen molar-refractivity contribution in [2.45, 2.75) is 12.5 Å². The molecule has 0 spiro atoms. The van der Waals surface area contributed by atoms with E-state index in [1.165, 1.54) is 0 Å². The third-order valence-electron chi connectivity index (χ3n) is 2.35. The Morgan fingerprint density at radius 3 is 2.58 bits per heavy atom. The molecule has 0 saturated carbocycles. The molecule has 1 aromatic carbocycles. The van der Waals surface area contributed by atoms with Crippen LogP contribution < -0.4 is 11.1 Å². The van der Waals surface area contributed by atoms with E-state index in [2.05, 4.69) is 15.3 Å². The number of rotatable bonds is 7. The SMILES string of the molecule is [N-]=[N+]=NCCCNC(C(N)=O)c1cc(Cl)cc(Cl)c1. The van der Waals surface area contributed by atoms with Gasteiger partial charge in [0.2, 0.25) is 5.91 Å². The standard InChI is InChI=1S/C11H13Cl2N5O/c12-8-4-7(5-9(13)6-8)10(11(14)19)16-2-1-3-17-18-15/h4-6,10,16H,1-3H2,(H2,14,19). The van der Waals surface area contributed by atoms with Gasteiger partial charge in [-0.2, -0.15) is 0 Å². The Bertz CT molecular complexity index is 482. The lowest BCUT2D eigenvalue weighted by Crippen LogP contribution is -2.34. The summed E-state index contributed by atoms with van der Waals surface area (Å²) in [7, 11) is 0. The van der Waals surface area contributed by atoms with Crippen molar-refractivity contribution < 1.29 is 4.79 Å². The summed E-state index contributed by atoms with van der Waals surface area (Å²) >= 11 is 11.8. The molecule has 6 nitrogen and oxygen atoms in total. The zero-order chi connectivity index (χ0) is 14.3. The van der Waals surface area contributed by atoms with Crippen LogP contribution >= 0.6 is 23.2 Å². The molecule has 0 radical (unpaired) electrons. The Labute approximate surface area is 120 Å². The van der Waals surface area contributed by atoms with E-state index in [1.807, 2.05) is 0 Å². The number of hydrogen-bond donors (Lipinski definition) is 2. The lowest BCUT2D eigenvalue weighted by molar-refractivity contribution is -0.120. The van der Waals surface area contributed by atoms with E-state index < -0.39 is 11.9 Å². The molecule has 1 amide bonds. The number of primary amides is 1. The minimum atomic E-state index is -0.678. The molecular weight excluding hydrogens is 289 g/mol. The highest BCUT2D eigenvalue weighted by Gasteiger charge is 2.17. The first-order chi connectivity index (χ1) is 9.04. The minimum absolute atomic E-state index is 0.352. The summed E-state index contributed by atoms with van der Waals surface area (Å²) in [5, 5.41) is 7.24. The molecular formula is C11H13Cl2N5O. The third-order valence-corrected chi connectivity index (χ3v) is 2.79. The van der Waals surface area contributed by atoms with Crippen molar-refractivity contribution in [1.29, 1.82) is 0 Å². The minimum Gasteiger partial charge on any atom is -0.368 e. The van der Waals surface area contributed by atoms with Gasteiger partial charge in [0, 0.05) is 21.5 Å². The molecule has 1 aromatic rings. The molecule has 8 heteroatoms. The predicted octanol–water partition coefficient (Wildman–Crippen LogP) is 2.81. The summed E-state index contributed by atoms with van der Waals surface area (Å²) in [6.45, 7) is 0.835. The summed E-state index contributed by atoms with van der Waals surface area (Å²) in [6, 6.07) is 4.15. The van der Waals surface area contributed by atoms with Crippen molar-refractivity contribution in [3.8, 4) is 0 Å². The summed E-state index contributed by atoms with van der Waals surface area (Å²) in [5.74, 6) is -0.526. The maximum Gasteiger partial charge on any atom is 0.239 e. The number of nitrogens with zero attached hydrogens (tertiary/aromatic N) is 3. The molecule has 0 aromatic heterocycles. The van der Waals surface area contributed by atoms with Gasteiger partial charge < -0.3 is 11.1 Å². The highest BCUT2D eigenvalue weighted by atomic mass is 35.5. The lowest BCUT2D eigenvalue weighted by Gasteiger charge is -2.16. The summed E-state index contributed by atoms with van der Waals surface area (Å²) in [6.07, 6.45) is 0.599. The molecule has 0 aliphatic rings. The molecule has 0 bridgehead atoms. The number of carbonyl (C=O) groups excluding carboxylic acids is 1. The van der Waals surface area contributed by atoms with Crippen molar-refractivity contribution in [2.24, 2.45) is 10.8 Å². The lowest BCUT2D eigenvalue weighted by atomic mass is 10.1. The van der Waals surface area contributed by atoms with Crippen LogP contribution in [0.15, 0.2) is 23.3 Å². The number of nitrogens with one attached hydrogen (secondary N) is 1. The maximum absolute atomic E-state index is 11.4. The van der Waals surface area contributed by atoms with Gasteiger partial charge in [-0.3, -0.25) is 4.79 Å². The van der Waals surface area contributed by atoms with Gasteiger partial charge in [-0.25, -0.2) is 0 Å². The van der Waals surface area contributed by atoms with Crippen LogP contribution in [0.4, 0.5) is 0 Å². The van der Waals surface area contributed by atoms with Crippen LogP contribution in [0.25, 0.3) is 10.4 Å². The molecule has 0 heterocycles. The van der Waals surface area contributed by atoms with Crippen molar-refractivity contribution in [3.63, 3.8) is 0 Å². The van der Waals surface area contributed by atoms with Crippen LogP contribution in [-0.4, -0.2) is 19.0 Å². The van der Waals surface area contributed by atoms with E-state index in [1.54, 1.807) is 18.2 Å². The second-order valence-electron chi connectivity index (χ2n) is 3.80. The zero-order valence-electron chi connectivity index (χ0n) is 10.0. The first kappa shape index (κ1) is 15.6. The van der Waals surface area contributed by atoms with Gasteiger partial charge in [0.1, 0.15) is 6.04 Å². The average Bonchev–Trinajstić information content (AvgIpc) is 2.31. The van der Waals surface area contributed by atoms with Crippen LogP contribution in [0.2, 0.25) is 10.0 Å². The average molecular weight is 302 g/mol. The van der Waals surface area contributed by atoms with Crippen molar-refractivity contribution in [1.82, 2.24) is 5.32 Å². The van der Waals surface area contributed by atoms with Gasteiger partial charge in [0.15, 0.2) is 0 Å². The summed E-state index contributed by atoms with van der Waals surface area (Å²) in [4.78, 5) is 14.1. The number of nitrogens with two attached hydrogens (primary N) is 1. The monoisotopic (exact) mass is 301 g/mol. The van der Waals surface area contributed by atoms with E-state index in [4.69, 9.17) is 34.5 Å². The number of hydrogen-bond acceptors (Lipinski definition) is 3. The van der Waals surface area contributed by atoms with Gasteiger partial charge in [-0.05, 0) is 42.3 Å². The fourth-order valence-corrected chi connectivity index (χ4v) is 2.11. The largest absolute Gasteiger partial charge is 0.368 e. The molecule has 0 fully saturated rings. The molecule has 1 rings (SSSR count). The van der Waals surface area contributed by atoms with Gasteiger partial charge in [-0.1, -0.05) is 28.3 Å². The van der Waals surface area contributed by atoms with E-state index in [9.17, 15) is 4.79 Å². The van der Waals surface area contributed by atoms with Gasteiger partial charge in [0.25, 0.3) is 0 Å². The van der Waals surface area contributed by atoms with Crippen LogP contribution in [0.3, 0.4) is 0 Å². The predicted molar refractivity (Wildman–Crippen MR) is 75.0 cm³/mol. The Hall–Kier alpha value is -1.46. The van der Waals surface area contributed by atoms with Gasteiger partial charge >= 0.3 is 0 Å². The van der Waals surface area contributed by atoms with E-state index in [0.29, 0.717) is 35.1 Å². The van der Waals surface area contributed by atoms with Crippen LogP contribution in [0, 0.1) is 0 Å². The van der Waals surface area contributed by atoms with Crippen molar-refractivity contribution in [2.75, 3.05) is 13.1 Å². The molecule has 0 aliphatic heterocycles. The van der Waals surface area contributed by atoms with Crippen LogP contribution in [0.5, 0.6) is 0 Å². The quantitative estimate of drug-likeness (QED) is 0.350. The summed E-state index contributed by atoms with van der Waals surface area (Å²) < 4.78 is 0. The molecule has 0 saturated heterocycles. The van der Waals surface area contributed by atoms with Crippen molar-refractivity contribution >= 4 is 29.1 Å². The van der Waals surface area contributed by atoms with E-state index in [-0.39, 0.29) is 0 Å². The fraction of sp³-hybridized carbons (Fsp3) is 0.364. The Kier molecular flexibility index (Phi) is 6.45. The van der Waals surface area contributed by atoms with E-state index >= 15 is 0 Å². The maximum atomic E-state index is 11.4. The normalized spacial score (nSPS) is 11.7. The van der Waals surface area contributed by atoms with Crippen molar-refractivity contribution in [3.05, 3.63) is 44.3 Å². The molecule has 19 heavy (non-hydrogen) atoms. The third kappa shape index (κ3) is 5.36. The van der Waals surface area contributed by atoms with Crippen LogP contribution in [-0.2, 0) is 4.79 Å². The second-order valence-corrected chi connectivity index (χ2v) is 4.67. The molecule has 1 atom stereocenters. The fourth-order valence-electron chi connectivity index (χ4n) is 1.57. The molecule has 102 valence electrons. The first-order valence-electron chi connectivity index (χ1n) is 5.54. The Balaban J connectivity index is 2.71. The smallest absolute Gasteiger partial charge is 0.239 e. The van der Waals surface area contributed by atoms with E-state index in [0.717, 1.165) is 0 Å². The second kappa shape index (κ2) is 7.86. The summed E-state index contributed by atoms with van der Waals surface area (Å²) in [5.41, 5.74) is 14.1. The highest BCUT2D eigenvalue weighted by Crippen LogP contribution is 2.23.